The second-order valence-electron chi connectivity index (χ2n) is 3.08. The van der Waals surface area contributed by atoms with Crippen molar-refractivity contribution in [2.24, 2.45) is 0 Å². The Kier molecular flexibility index (Phi) is 8.05. The summed E-state index contributed by atoms with van der Waals surface area (Å²) < 4.78 is 13.9. The molecule has 6 nitrogen and oxygen atoms in total. The minimum atomic E-state index is -0.631. The average molecular weight is 232 g/mol. The summed E-state index contributed by atoms with van der Waals surface area (Å²) >= 11 is 0. The molecule has 0 aromatic rings. The van der Waals surface area contributed by atoms with Gasteiger partial charge in [0.1, 0.15) is 12.4 Å². The van der Waals surface area contributed by atoms with E-state index in [1.807, 2.05) is 0 Å². The number of methoxy groups -OCH3 is 1. The SMILES string of the molecule is COCCOC(=O)COC(=O)CCC(C)=O. The van der Waals surface area contributed by atoms with Crippen LogP contribution in [0.1, 0.15) is 19.8 Å². The van der Waals surface area contributed by atoms with Gasteiger partial charge in [-0.15, -0.1) is 0 Å². The van der Waals surface area contributed by atoms with E-state index in [-0.39, 0.29) is 25.2 Å². The summed E-state index contributed by atoms with van der Waals surface area (Å²) in [6, 6.07) is 0. The first-order valence-electron chi connectivity index (χ1n) is 4.86. The molecule has 0 heterocycles. The van der Waals surface area contributed by atoms with Gasteiger partial charge < -0.3 is 19.0 Å². The van der Waals surface area contributed by atoms with Crippen LogP contribution < -0.4 is 0 Å². The lowest BCUT2D eigenvalue weighted by molar-refractivity contribution is -0.159. The Hall–Kier alpha value is -1.43. The Morgan fingerprint density at radius 3 is 2.19 bits per heavy atom. The minimum absolute atomic E-state index is 0.0132. The molecule has 0 fully saturated rings. The molecule has 0 spiro atoms. The van der Waals surface area contributed by atoms with Crippen LogP contribution in [0.2, 0.25) is 0 Å². The zero-order valence-electron chi connectivity index (χ0n) is 9.49. The van der Waals surface area contributed by atoms with E-state index >= 15 is 0 Å². The van der Waals surface area contributed by atoms with Crippen molar-refractivity contribution in [3.8, 4) is 0 Å². The molecule has 0 atom stereocenters. The molecule has 0 rings (SSSR count). The maximum atomic E-state index is 11.0. The molecule has 6 heteroatoms. The maximum Gasteiger partial charge on any atom is 0.344 e. The Morgan fingerprint density at radius 1 is 0.938 bits per heavy atom. The zero-order valence-corrected chi connectivity index (χ0v) is 9.49. The standard InChI is InChI=1S/C10H16O6/c1-8(11)3-4-9(12)16-7-10(13)15-6-5-14-2/h3-7H2,1-2H3. The van der Waals surface area contributed by atoms with Gasteiger partial charge in [0.05, 0.1) is 13.0 Å². The van der Waals surface area contributed by atoms with Crippen LogP contribution >= 0.6 is 0 Å². The van der Waals surface area contributed by atoms with Gasteiger partial charge >= 0.3 is 11.9 Å². The van der Waals surface area contributed by atoms with Crippen molar-refractivity contribution in [3.05, 3.63) is 0 Å². The van der Waals surface area contributed by atoms with Crippen LogP contribution in [-0.2, 0) is 28.6 Å². The number of ketones is 1. The molecule has 92 valence electrons. The molecule has 16 heavy (non-hydrogen) atoms. The van der Waals surface area contributed by atoms with Crippen molar-refractivity contribution in [3.63, 3.8) is 0 Å². The van der Waals surface area contributed by atoms with E-state index in [1.54, 1.807) is 0 Å². The van der Waals surface area contributed by atoms with E-state index in [1.165, 1.54) is 14.0 Å². The summed E-state index contributed by atoms with van der Waals surface area (Å²) in [7, 11) is 1.48. The third kappa shape index (κ3) is 9.14. The van der Waals surface area contributed by atoms with Crippen LogP contribution in [0.4, 0.5) is 0 Å². The highest BCUT2D eigenvalue weighted by atomic mass is 16.6. The van der Waals surface area contributed by atoms with Crippen LogP contribution in [0.5, 0.6) is 0 Å². The van der Waals surface area contributed by atoms with E-state index < -0.39 is 18.5 Å². The highest BCUT2D eigenvalue weighted by Gasteiger charge is 2.09. The largest absolute Gasteiger partial charge is 0.461 e. The van der Waals surface area contributed by atoms with Crippen LogP contribution in [0.25, 0.3) is 0 Å². The van der Waals surface area contributed by atoms with E-state index in [9.17, 15) is 14.4 Å². The van der Waals surface area contributed by atoms with Crippen molar-refractivity contribution in [1.82, 2.24) is 0 Å². The van der Waals surface area contributed by atoms with Crippen molar-refractivity contribution in [2.75, 3.05) is 26.9 Å². The summed E-state index contributed by atoms with van der Waals surface area (Å²) in [5, 5.41) is 0. The zero-order chi connectivity index (χ0) is 12.4. The molecular weight excluding hydrogens is 216 g/mol. The lowest BCUT2D eigenvalue weighted by atomic mass is 10.2. The summed E-state index contributed by atoms with van der Waals surface area (Å²) in [5.74, 6) is -1.31. The predicted octanol–water partition coefficient (Wildman–Crippen LogP) is 0.0884. The Bertz CT molecular complexity index is 248. The third-order valence-electron chi connectivity index (χ3n) is 1.58. The van der Waals surface area contributed by atoms with Crippen molar-refractivity contribution in [1.29, 1.82) is 0 Å². The average Bonchev–Trinajstić information content (AvgIpc) is 2.24. The maximum absolute atomic E-state index is 11.0. The predicted molar refractivity (Wildman–Crippen MR) is 53.7 cm³/mol. The number of hydrogen-bond acceptors (Lipinski definition) is 6. The van der Waals surface area contributed by atoms with Gasteiger partial charge in [0.15, 0.2) is 6.61 Å². The number of rotatable bonds is 8. The van der Waals surface area contributed by atoms with E-state index in [0.29, 0.717) is 6.61 Å². The Labute approximate surface area is 93.8 Å². The van der Waals surface area contributed by atoms with Crippen molar-refractivity contribution < 1.29 is 28.6 Å². The van der Waals surface area contributed by atoms with Gasteiger partial charge in [-0.25, -0.2) is 4.79 Å². The molecule has 0 bridgehead atoms. The van der Waals surface area contributed by atoms with Crippen molar-refractivity contribution in [2.45, 2.75) is 19.8 Å². The van der Waals surface area contributed by atoms with E-state index in [0.717, 1.165) is 0 Å². The highest BCUT2D eigenvalue weighted by Crippen LogP contribution is 1.94. The fraction of sp³-hybridized carbons (Fsp3) is 0.700. The van der Waals surface area contributed by atoms with Crippen molar-refractivity contribution >= 4 is 17.7 Å². The third-order valence-corrected chi connectivity index (χ3v) is 1.58. The van der Waals surface area contributed by atoms with Crippen LogP contribution in [-0.4, -0.2) is 44.7 Å². The number of carbonyl (C=O) groups excluding carboxylic acids is 3. The van der Waals surface area contributed by atoms with Crippen LogP contribution in [0.15, 0.2) is 0 Å². The summed E-state index contributed by atoms with van der Waals surface area (Å²) in [6.07, 6.45) is 0.109. The van der Waals surface area contributed by atoms with E-state index in [4.69, 9.17) is 0 Å². The van der Waals surface area contributed by atoms with Crippen LogP contribution in [0.3, 0.4) is 0 Å². The van der Waals surface area contributed by atoms with Crippen LogP contribution in [0, 0.1) is 0 Å². The first-order chi connectivity index (χ1) is 7.56. The normalized spacial score (nSPS) is 9.62. The van der Waals surface area contributed by atoms with Gasteiger partial charge in [0.25, 0.3) is 0 Å². The first kappa shape index (κ1) is 14.6. The molecule has 0 saturated carbocycles. The number of ether oxygens (including phenoxy) is 3. The lowest BCUT2D eigenvalue weighted by Gasteiger charge is -2.05. The Morgan fingerprint density at radius 2 is 1.62 bits per heavy atom. The number of hydrogen-bond donors (Lipinski definition) is 0. The topological polar surface area (TPSA) is 78.9 Å². The molecule has 0 radical (unpaired) electrons. The molecule has 0 aromatic heterocycles. The van der Waals surface area contributed by atoms with E-state index in [2.05, 4.69) is 14.2 Å². The molecular formula is C10H16O6. The van der Waals surface area contributed by atoms with Gasteiger partial charge in [0, 0.05) is 13.5 Å². The molecule has 0 aliphatic carbocycles. The van der Waals surface area contributed by atoms with Gasteiger partial charge in [-0.2, -0.15) is 0 Å². The molecule has 0 amide bonds. The molecule has 0 saturated heterocycles. The highest BCUT2D eigenvalue weighted by molar-refractivity contribution is 5.82. The number of esters is 2. The van der Waals surface area contributed by atoms with Gasteiger partial charge in [-0.1, -0.05) is 0 Å². The summed E-state index contributed by atoms with van der Waals surface area (Å²) in [4.78, 5) is 32.5. The molecule has 0 N–H and O–H groups in total. The second kappa shape index (κ2) is 8.84. The first-order valence-corrected chi connectivity index (χ1v) is 4.86. The lowest BCUT2D eigenvalue weighted by Crippen LogP contribution is -2.18. The fourth-order valence-electron chi connectivity index (χ4n) is 0.770. The molecule has 0 unspecified atom stereocenters. The summed E-state index contributed by atoms with van der Waals surface area (Å²) in [6.45, 7) is 1.37. The van der Waals surface area contributed by atoms with Gasteiger partial charge in [0.2, 0.25) is 0 Å². The Balaban J connectivity index is 3.51. The molecule has 0 aliphatic rings. The number of carbonyl (C=O) groups is 3. The van der Waals surface area contributed by atoms with Gasteiger partial charge in [-0.3, -0.25) is 4.79 Å². The quantitative estimate of drug-likeness (QED) is 0.436. The minimum Gasteiger partial charge on any atom is -0.461 e. The number of Topliss-reactive ketones (excluding diaryl/α,β-unsaturated/α-hetero) is 1. The molecule has 0 aromatic carbocycles. The monoisotopic (exact) mass is 232 g/mol. The molecule has 0 aliphatic heterocycles. The van der Waals surface area contributed by atoms with Gasteiger partial charge in [-0.05, 0) is 6.92 Å². The fourth-order valence-corrected chi connectivity index (χ4v) is 0.770. The second-order valence-corrected chi connectivity index (χ2v) is 3.08. The smallest absolute Gasteiger partial charge is 0.344 e. The summed E-state index contributed by atoms with van der Waals surface area (Å²) in [5.41, 5.74) is 0.